The summed E-state index contributed by atoms with van der Waals surface area (Å²) in [5.74, 6) is 0.859. The molecule has 1 aliphatic heterocycles. The summed E-state index contributed by atoms with van der Waals surface area (Å²) in [6.45, 7) is 2.74. The third-order valence-electron chi connectivity index (χ3n) is 6.41. The van der Waals surface area contributed by atoms with E-state index >= 15 is 0 Å². The van der Waals surface area contributed by atoms with Crippen molar-refractivity contribution in [2.75, 3.05) is 36.9 Å². The Balaban J connectivity index is 1.45. The molecule has 0 saturated carbocycles. The van der Waals surface area contributed by atoms with Gasteiger partial charge in [-0.15, -0.1) is 0 Å². The molecule has 9 nitrogen and oxygen atoms in total. The van der Waals surface area contributed by atoms with Gasteiger partial charge in [-0.05, 0) is 73.4 Å². The van der Waals surface area contributed by atoms with Crippen molar-refractivity contribution in [3.05, 3.63) is 77.4 Å². The number of carbonyl (C=O) groups is 2. The van der Waals surface area contributed by atoms with Crippen molar-refractivity contribution < 1.29 is 27.5 Å². The lowest BCUT2D eigenvalue weighted by Crippen LogP contribution is -2.27. The number of sulfonamides is 1. The summed E-state index contributed by atoms with van der Waals surface area (Å²) in [4.78, 5) is 26.8. The number of nitrogens with zero attached hydrogens (tertiary/aromatic N) is 1. The Kier molecular flexibility index (Phi) is 8.21. The molecule has 38 heavy (non-hydrogen) atoms. The van der Waals surface area contributed by atoms with E-state index in [2.05, 4.69) is 10.0 Å². The Hall–Kier alpha value is -4.05. The van der Waals surface area contributed by atoms with Gasteiger partial charge in [-0.2, -0.15) is 0 Å². The fourth-order valence-corrected chi connectivity index (χ4v) is 5.59. The lowest BCUT2D eigenvalue weighted by molar-refractivity contribution is -0.117. The highest BCUT2D eigenvalue weighted by Gasteiger charge is 2.25. The Bertz CT molecular complexity index is 1450. The summed E-state index contributed by atoms with van der Waals surface area (Å²) in [6, 6.07) is 16.7. The molecule has 200 valence electrons. The van der Waals surface area contributed by atoms with E-state index in [0.717, 1.165) is 12.0 Å². The summed E-state index contributed by atoms with van der Waals surface area (Å²) in [5.41, 5.74) is 2.73. The summed E-state index contributed by atoms with van der Waals surface area (Å²) in [7, 11) is -0.856. The van der Waals surface area contributed by atoms with Crippen LogP contribution in [0.4, 0.5) is 11.4 Å². The number of ether oxygens (including phenoxy) is 2. The molecule has 0 bridgehead atoms. The lowest BCUT2D eigenvalue weighted by atomic mass is 10.1. The van der Waals surface area contributed by atoms with Crippen LogP contribution in [0.2, 0.25) is 0 Å². The predicted molar refractivity (Wildman–Crippen MR) is 146 cm³/mol. The van der Waals surface area contributed by atoms with Gasteiger partial charge in [-0.25, -0.2) is 8.42 Å². The van der Waals surface area contributed by atoms with Crippen LogP contribution in [0.1, 0.15) is 34.3 Å². The zero-order valence-corrected chi connectivity index (χ0v) is 22.4. The molecule has 1 fully saturated rings. The highest BCUT2D eigenvalue weighted by Crippen LogP contribution is 2.29. The van der Waals surface area contributed by atoms with Crippen molar-refractivity contribution in [1.29, 1.82) is 0 Å². The molecule has 3 aromatic rings. The Morgan fingerprint density at radius 2 is 1.76 bits per heavy atom. The minimum atomic E-state index is -3.98. The molecule has 0 unspecified atom stereocenters. The molecule has 10 heteroatoms. The number of aryl methyl sites for hydroxylation is 1. The quantitative estimate of drug-likeness (QED) is 0.405. The van der Waals surface area contributed by atoms with Gasteiger partial charge in [0, 0.05) is 25.2 Å². The number of anilines is 2. The maximum absolute atomic E-state index is 13.2. The molecule has 0 aromatic heterocycles. The van der Waals surface area contributed by atoms with Crippen LogP contribution >= 0.6 is 0 Å². The molecule has 0 spiro atoms. The maximum atomic E-state index is 13.2. The fourth-order valence-electron chi connectivity index (χ4n) is 4.43. The van der Waals surface area contributed by atoms with Crippen LogP contribution in [0.3, 0.4) is 0 Å². The largest absolute Gasteiger partial charge is 0.493 e. The molecule has 3 aromatic carbocycles. The zero-order chi connectivity index (χ0) is 27.3. The van der Waals surface area contributed by atoms with E-state index in [9.17, 15) is 18.0 Å². The lowest BCUT2D eigenvalue weighted by Gasteiger charge is -2.19. The van der Waals surface area contributed by atoms with E-state index in [-0.39, 0.29) is 22.1 Å². The summed E-state index contributed by atoms with van der Waals surface area (Å²) < 4.78 is 39.5. The first-order valence-corrected chi connectivity index (χ1v) is 13.7. The first-order chi connectivity index (χ1) is 18.2. The van der Waals surface area contributed by atoms with Gasteiger partial charge in [0.25, 0.3) is 15.9 Å². The van der Waals surface area contributed by atoms with Crippen molar-refractivity contribution >= 4 is 33.2 Å². The first-order valence-electron chi connectivity index (χ1n) is 12.3. The molecular weight excluding hydrogens is 506 g/mol. The normalized spacial score (nSPS) is 13.3. The predicted octanol–water partition coefficient (Wildman–Crippen LogP) is 3.91. The van der Waals surface area contributed by atoms with E-state index < -0.39 is 15.9 Å². The Morgan fingerprint density at radius 3 is 2.45 bits per heavy atom. The Labute approximate surface area is 222 Å². The number of benzene rings is 3. The minimum absolute atomic E-state index is 0.0351. The monoisotopic (exact) mass is 537 g/mol. The van der Waals surface area contributed by atoms with Crippen molar-refractivity contribution in [3.63, 3.8) is 0 Å². The fraction of sp³-hybridized carbons (Fsp3) is 0.286. The van der Waals surface area contributed by atoms with Gasteiger partial charge in [-0.1, -0.05) is 18.2 Å². The first kappa shape index (κ1) is 27.0. The van der Waals surface area contributed by atoms with Gasteiger partial charge >= 0.3 is 0 Å². The molecule has 0 atom stereocenters. The number of hydrogen-bond acceptors (Lipinski definition) is 6. The SMILES string of the molecule is COc1ccc(CCNC(=O)c2ccccc2NS(=O)(=O)c2ccc(N3CCCC3=O)c(C)c2)cc1OC. The van der Waals surface area contributed by atoms with Gasteiger partial charge in [0.05, 0.1) is 30.4 Å². The second-order valence-electron chi connectivity index (χ2n) is 8.94. The van der Waals surface area contributed by atoms with Crippen LogP contribution in [0.5, 0.6) is 11.5 Å². The highest BCUT2D eigenvalue weighted by atomic mass is 32.2. The molecule has 1 heterocycles. The number of methoxy groups -OCH3 is 2. The highest BCUT2D eigenvalue weighted by molar-refractivity contribution is 7.92. The van der Waals surface area contributed by atoms with E-state index in [1.54, 1.807) is 62.4 Å². The van der Waals surface area contributed by atoms with E-state index in [1.165, 1.54) is 12.1 Å². The molecule has 2 N–H and O–H groups in total. The number of para-hydroxylation sites is 1. The van der Waals surface area contributed by atoms with Crippen LogP contribution in [-0.2, 0) is 21.2 Å². The third kappa shape index (κ3) is 5.91. The standard InChI is InChI=1S/C28H31N3O6S/c1-19-17-21(11-12-24(19)31-16-6-9-27(31)32)38(34,35)30-23-8-5-4-7-22(23)28(33)29-15-14-20-10-13-25(36-2)26(18-20)37-3/h4-5,7-8,10-13,17-18,30H,6,9,14-16H2,1-3H3,(H,29,33). The van der Waals surface area contributed by atoms with Gasteiger partial charge in [0.15, 0.2) is 11.5 Å². The second kappa shape index (κ2) is 11.6. The minimum Gasteiger partial charge on any atom is -0.493 e. The molecule has 1 aliphatic rings. The second-order valence-corrected chi connectivity index (χ2v) is 10.6. The summed E-state index contributed by atoms with van der Waals surface area (Å²) in [5, 5.41) is 2.85. The van der Waals surface area contributed by atoms with Gasteiger partial charge in [0.2, 0.25) is 5.91 Å². The molecule has 0 aliphatic carbocycles. The molecule has 1 saturated heterocycles. The molecule has 0 radical (unpaired) electrons. The van der Waals surface area contributed by atoms with Gasteiger partial charge in [0.1, 0.15) is 0 Å². The number of nitrogens with one attached hydrogen (secondary N) is 2. The van der Waals surface area contributed by atoms with Crippen molar-refractivity contribution in [3.8, 4) is 11.5 Å². The van der Waals surface area contributed by atoms with E-state index in [4.69, 9.17) is 9.47 Å². The van der Waals surface area contributed by atoms with Crippen LogP contribution in [0.25, 0.3) is 0 Å². The van der Waals surface area contributed by atoms with Crippen molar-refractivity contribution in [1.82, 2.24) is 5.32 Å². The average molecular weight is 538 g/mol. The van der Waals surface area contributed by atoms with Gasteiger partial charge < -0.3 is 19.7 Å². The Morgan fingerprint density at radius 1 is 1.00 bits per heavy atom. The number of hydrogen-bond donors (Lipinski definition) is 2. The third-order valence-corrected chi connectivity index (χ3v) is 7.77. The van der Waals surface area contributed by atoms with E-state index in [1.807, 2.05) is 12.1 Å². The zero-order valence-electron chi connectivity index (χ0n) is 21.6. The summed E-state index contributed by atoms with van der Waals surface area (Å²) in [6.07, 6.45) is 1.83. The maximum Gasteiger partial charge on any atom is 0.261 e. The summed E-state index contributed by atoms with van der Waals surface area (Å²) >= 11 is 0. The van der Waals surface area contributed by atoms with Crippen LogP contribution in [0.15, 0.2) is 65.6 Å². The number of rotatable bonds is 10. The topological polar surface area (TPSA) is 114 Å². The van der Waals surface area contributed by atoms with Crippen LogP contribution in [-0.4, -0.2) is 47.5 Å². The molecular formula is C28H31N3O6S. The molecule has 4 rings (SSSR count). The van der Waals surface area contributed by atoms with Crippen LogP contribution in [0, 0.1) is 6.92 Å². The number of amides is 2. The average Bonchev–Trinajstić information content (AvgIpc) is 3.33. The molecule has 2 amide bonds. The van der Waals surface area contributed by atoms with Gasteiger partial charge in [-0.3, -0.25) is 14.3 Å². The van der Waals surface area contributed by atoms with Crippen molar-refractivity contribution in [2.24, 2.45) is 0 Å². The smallest absolute Gasteiger partial charge is 0.261 e. The van der Waals surface area contributed by atoms with Crippen LogP contribution < -0.4 is 24.4 Å². The number of carbonyl (C=O) groups excluding carboxylic acids is 2. The van der Waals surface area contributed by atoms with E-state index in [0.29, 0.717) is 48.7 Å². The van der Waals surface area contributed by atoms with Crippen molar-refractivity contribution in [2.45, 2.75) is 31.1 Å².